The van der Waals surface area contributed by atoms with Gasteiger partial charge in [0.05, 0.1) is 0 Å². The van der Waals surface area contributed by atoms with Gasteiger partial charge in [-0.05, 0) is 0 Å². The third kappa shape index (κ3) is 148. The van der Waals surface area contributed by atoms with Crippen LogP contribution in [-0.4, -0.2) is 8.41 Å². The van der Waals surface area contributed by atoms with E-state index in [1.807, 2.05) is 0 Å². The fraction of sp³-hybridized carbons (Fsp3) is 0. The third-order valence-electron chi connectivity index (χ3n) is 0. The van der Waals surface area contributed by atoms with E-state index >= 15 is 0 Å². The van der Waals surface area contributed by atoms with Crippen molar-refractivity contribution in [3.8, 4) is 0 Å². The summed E-state index contributed by atoms with van der Waals surface area (Å²) < 4.78 is 0. The molecule has 0 saturated heterocycles. The van der Waals surface area contributed by atoms with E-state index in [2.05, 4.69) is 13.2 Å². The van der Waals surface area contributed by atoms with Crippen molar-refractivity contribution in [1.29, 1.82) is 0 Å². The summed E-state index contributed by atoms with van der Waals surface area (Å²) in [5.74, 6) is 0. The van der Waals surface area contributed by atoms with Gasteiger partial charge in [-0.3, -0.25) is 14.1 Å². The van der Waals surface area contributed by atoms with Gasteiger partial charge >= 0.3 is 0 Å². The van der Waals surface area contributed by atoms with Gasteiger partial charge in [0.1, 0.15) is 0 Å². The molecule has 4 heteroatoms. The lowest BCUT2D eigenvalue weighted by Gasteiger charge is -0.813. The Hall–Kier alpha value is -0.405. The van der Waals surface area contributed by atoms with Crippen LogP contribution in [-0.2, 0) is 0 Å². The van der Waals surface area contributed by atoms with E-state index in [0.29, 0.717) is 0 Å². The van der Waals surface area contributed by atoms with E-state index in [9.17, 15) is 0 Å². The van der Waals surface area contributed by atoms with Gasteiger partial charge in [-0.2, -0.15) is 0 Å². The Kier molecular flexibility index (Phi) is 20100. The summed E-state index contributed by atoms with van der Waals surface area (Å²) in [6, 6.07) is 0. The molecular weight excluding hydrogens is 91.8 g/mol. The molecule has 0 rings (SSSR count). The van der Waals surface area contributed by atoms with E-state index in [-0.39, 0.29) is 22.5 Å². The molecule has 0 aromatic rings. The summed E-state index contributed by atoms with van der Waals surface area (Å²) in [5.41, 5.74) is 0. The summed E-state index contributed by atoms with van der Waals surface area (Å²) in [6.07, 6.45) is 0. The highest BCUT2D eigenvalue weighted by Gasteiger charge is 0.601. The normalized spacial score (nSPS) is 0.667. The standard InChI is InChI=1S/C2H4.B.3FH/c1-2;;;;/h1-2H2;;3*1H. The van der Waals surface area contributed by atoms with Crippen molar-refractivity contribution >= 4 is 8.41 Å². The largest absolute Gasteiger partial charge is 0.269 e. The molecule has 0 aliphatic carbocycles. The molecule has 0 unspecified atom stereocenters. The maximum Gasteiger partial charge on any atom is 0 e. The Morgan fingerprint density at radius 2 is 0.667 bits per heavy atom. The zero-order valence-electron chi connectivity index (χ0n) is 3.22. The Bertz CT molecular complexity index is 8.75. The first kappa shape index (κ1) is 334. The molecule has 0 nitrogen and oxygen atoms in total. The van der Waals surface area contributed by atoms with Gasteiger partial charge in [-0.25, -0.2) is 0 Å². The Labute approximate surface area is 36.9 Å². The van der Waals surface area contributed by atoms with Crippen molar-refractivity contribution < 1.29 is 14.1 Å². The minimum atomic E-state index is 0. The molecule has 0 heterocycles. The summed E-state index contributed by atoms with van der Waals surface area (Å²) >= 11 is 0. The average Bonchev–Trinajstić information content (AvgIpc) is 1.00. The van der Waals surface area contributed by atoms with E-state index in [1.54, 1.807) is 0 Å². The van der Waals surface area contributed by atoms with Gasteiger partial charge in [0.15, 0.2) is 0 Å². The smallest absolute Gasteiger partial charge is 0 e. The second kappa shape index (κ2) is 362. The SMILES string of the molecule is C=C.F.F.F.[B]. The maximum atomic E-state index is 3.00. The monoisotopic (exact) mass is 99.1 g/mol. The molecule has 0 fully saturated rings. The predicted molar refractivity (Wildman–Crippen MR) is 24.5 cm³/mol. The maximum absolute atomic E-state index is 3.00. The van der Waals surface area contributed by atoms with E-state index in [0.717, 1.165) is 0 Å². The lowest BCUT2D eigenvalue weighted by atomic mass is 10.8. The molecule has 0 aromatic heterocycles. The number of hydrogen-bond donors (Lipinski definition) is 0. The minimum Gasteiger partial charge on any atom is -0.269 e. The van der Waals surface area contributed by atoms with Gasteiger partial charge in [0.2, 0.25) is 0 Å². The molecular formula is C2H7BF3. The van der Waals surface area contributed by atoms with Crippen LogP contribution in [0, 0.1) is 0 Å². The van der Waals surface area contributed by atoms with Crippen LogP contribution in [0.1, 0.15) is 0 Å². The zero-order chi connectivity index (χ0) is 2.00. The van der Waals surface area contributed by atoms with Gasteiger partial charge < -0.3 is 0 Å². The summed E-state index contributed by atoms with van der Waals surface area (Å²) in [5, 5.41) is 0. The van der Waals surface area contributed by atoms with Crippen LogP contribution in [0.15, 0.2) is 13.2 Å². The zero-order valence-corrected chi connectivity index (χ0v) is 3.22. The van der Waals surface area contributed by atoms with Crippen molar-refractivity contribution in [3.05, 3.63) is 13.2 Å². The van der Waals surface area contributed by atoms with Crippen LogP contribution in [0.2, 0.25) is 0 Å². The molecule has 6 heavy (non-hydrogen) atoms. The quantitative estimate of drug-likeness (QED) is 0.312. The average molecular weight is 98.9 g/mol. The highest BCUT2D eigenvalue weighted by Crippen LogP contribution is 0.862. The predicted octanol–water partition coefficient (Wildman–Crippen LogP) is 0.879. The minimum absolute atomic E-state index is 0. The molecule has 0 aliphatic rings. The molecule has 0 aliphatic heterocycles. The highest BCUT2D eigenvalue weighted by molar-refractivity contribution is 5.75. The summed E-state index contributed by atoms with van der Waals surface area (Å²) in [7, 11) is 0. The molecule has 0 amide bonds. The first-order chi connectivity index (χ1) is 1.00. The molecule has 3 radical (unpaired) electrons. The van der Waals surface area contributed by atoms with E-state index < -0.39 is 0 Å². The fourth-order valence-electron chi connectivity index (χ4n) is 0. The van der Waals surface area contributed by atoms with Gasteiger partial charge in [0, 0.05) is 8.41 Å². The molecule has 0 bridgehead atoms. The van der Waals surface area contributed by atoms with Crippen molar-refractivity contribution in [2.24, 2.45) is 0 Å². The Morgan fingerprint density at radius 1 is 0.667 bits per heavy atom. The molecule has 0 N–H and O–H groups in total. The third-order valence-corrected chi connectivity index (χ3v) is 0. The van der Waals surface area contributed by atoms with Gasteiger partial charge in [-0.1, -0.05) is 0 Å². The van der Waals surface area contributed by atoms with Crippen LogP contribution < -0.4 is 0 Å². The van der Waals surface area contributed by atoms with Crippen LogP contribution in [0.3, 0.4) is 0 Å². The van der Waals surface area contributed by atoms with E-state index in [4.69, 9.17) is 0 Å². The van der Waals surface area contributed by atoms with Crippen molar-refractivity contribution in [1.82, 2.24) is 0 Å². The number of hydrogen-bond acceptors (Lipinski definition) is 0. The summed E-state index contributed by atoms with van der Waals surface area (Å²) in [4.78, 5) is 0. The molecule has 0 aromatic carbocycles. The molecule has 0 atom stereocenters. The second-order valence-corrected chi connectivity index (χ2v) is 0. The van der Waals surface area contributed by atoms with Crippen molar-refractivity contribution in [3.63, 3.8) is 0 Å². The van der Waals surface area contributed by atoms with Crippen LogP contribution in [0.4, 0.5) is 14.1 Å². The summed E-state index contributed by atoms with van der Waals surface area (Å²) in [6.45, 7) is 6.00. The Morgan fingerprint density at radius 3 is 0.667 bits per heavy atom. The van der Waals surface area contributed by atoms with Crippen LogP contribution in [0.5, 0.6) is 0 Å². The number of halogens is 3. The van der Waals surface area contributed by atoms with Crippen molar-refractivity contribution in [2.45, 2.75) is 0 Å². The lowest BCUT2D eigenvalue weighted by molar-refractivity contribution is 1.11. The Balaban J connectivity index is -0.000000000833. The van der Waals surface area contributed by atoms with Gasteiger partial charge in [-0.15, -0.1) is 13.2 Å². The molecule has 39 valence electrons. The molecule has 0 saturated carbocycles. The van der Waals surface area contributed by atoms with E-state index in [1.165, 1.54) is 0 Å². The first-order valence-corrected chi connectivity index (χ1v) is 0.500. The van der Waals surface area contributed by atoms with Crippen LogP contribution in [0.25, 0.3) is 0 Å². The second-order valence-electron chi connectivity index (χ2n) is 0. The topological polar surface area (TPSA) is 0 Å². The fourth-order valence-corrected chi connectivity index (χ4v) is 0. The molecule has 0 spiro atoms. The van der Waals surface area contributed by atoms with Crippen molar-refractivity contribution in [2.75, 3.05) is 0 Å². The van der Waals surface area contributed by atoms with Gasteiger partial charge in [0.25, 0.3) is 0 Å². The van der Waals surface area contributed by atoms with Crippen LogP contribution >= 0.6 is 0 Å². The number of rotatable bonds is 0. The lowest BCUT2D eigenvalue weighted by Crippen LogP contribution is -0.552. The highest BCUT2D eigenvalue weighted by atomic mass is 19.0. The first-order valence-electron chi connectivity index (χ1n) is 0.500.